The Morgan fingerprint density at radius 2 is 1.65 bits per heavy atom. The van der Waals surface area contributed by atoms with E-state index in [1.54, 1.807) is 6.08 Å². The highest BCUT2D eigenvalue weighted by Crippen LogP contribution is 2.75. The molecule has 0 aromatic carbocycles. The fourth-order valence-electron chi connectivity index (χ4n) is 10.6. The Kier molecular flexibility index (Phi) is 6.66. The molecule has 194 valence electrons. The Morgan fingerprint density at radius 3 is 2.29 bits per heavy atom. The number of aliphatic hydroxyl groups is 1. The highest BCUT2D eigenvalue weighted by atomic mass is 16.5. The lowest BCUT2D eigenvalue weighted by molar-refractivity contribution is -0.248. The Hall–Kier alpha value is -0.830. The zero-order valence-corrected chi connectivity index (χ0v) is 23.2. The summed E-state index contributed by atoms with van der Waals surface area (Å²) in [6.07, 6.45) is 12.9. The molecule has 4 saturated carbocycles. The standard InChI is InChI=1S/C31H52O3/c1-9-11-21-22-12-13-24-29(6)16-15-25(32)27(3,4)23(29)14-17-31(24,8)30(22,7)19-18-28(21,5)26(33)34-20-10-2/h10,21-25,32H,2,9,11-20H2,1,3-8H3/t21?,22-,23?,24?,25+,28+,29+,30?,31-/m1/s1. The Morgan fingerprint density at radius 1 is 0.941 bits per heavy atom. The molecular weight excluding hydrogens is 420 g/mol. The van der Waals surface area contributed by atoms with Crippen LogP contribution in [0.4, 0.5) is 0 Å². The predicted octanol–water partition coefficient (Wildman–Crippen LogP) is 7.57. The summed E-state index contributed by atoms with van der Waals surface area (Å²) in [5.74, 6) is 2.26. The van der Waals surface area contributed by atoms with Crippen LogP contribution in [-0.2, 0) is 9.53 Å². The fraction of sp³-hybridized carbons (Fsp3) is 0.903. The second-order valence-corrected chi connectivity index (χ2v) is 14.2. The first-order chi connectivity index (χ1) is 15.8. The van der Waals surface area contributed by atoms with E-state index in [9.17, 15) is 9.90 Å². The summed E-state index contributed by atoms with van der Waals surface area (Å²) >= 11 is 0. The molecule has 4 aliphatic rings. The van der Waals surface area contributed by atoms with Gasteiger partial charge in [0, 0.05) is 0 Å². The van der Waals surface area contributed by atoms with E-state index in [1.807, 2.05) is 0 Å². The van der Waals surface area contributed by atoms with E-state index in [4.69, 9.17) is 4.74 Å². The zero-order chi connectivity index (χ0) is 25.2. The van der Waals surface area contributed by atoms with Crippen molar-refractivity contribution < 1.29 is 14.6 Å². The molecule has 0 bridgehead atoms. The molecule has 3 heteroatoms. The topological polar surface area (TPSA) is 46.5 Å². The van der Waals surface area contributed by atoms with E-state index >= 15 is 0 Å². The van der Waals surface area contributed by atoms with Crippen molar-refractivity contribution in [1.82, 2.24) is 0 Å². The normalized spacial score (nSPS) is 49.8. The molecule has 1 N–H and O–H groups in total. The summed E-state index contributed by atoms with van der Waals surface area (Å²) in [7, 11) is 0. The molecule has 34 heavy (non-hydrogen) atoms. The van der Waals surface area contributed by atoms with E-state index in [1.165, 1.54) is 25.7 Å². The van der Waals surface area contributed by atoms with Crippen LogP contribution in [0.2, 0.25) is 0 Å². The maximum Gasteiger partial charge on any atom is 0.312 e. The molecule has 4 unspecified atom stereocenters. The molecule has 0 aromatic rings. The lowest BCUT2D eigenvalue weighted by Gasteiger charge is -2.72. The first kappa shape index (κ1) is 26.2. The number of hydrogen-bond acceptors (Lipinski definition) is 3. The van der Waals surface area contributed by atoms with E-state index in [0.29, 0.717) is 35.7 Å². The SMILES string of the molecule is C=CCOC(=O)[C@@]1(C)CCC2(C)[C@H](CCC3[C@@]4(C)CC[C@H](O)C(C)(C)C4CC[C@]32C)C1CCC. The van der Waals surface area contributed by atoms with Crippen molar-refractivity contribution in [3.05, 3.63) is 12.7 Å². The van der Waals surface area contributed by atoms with E-state index in [2.05, 4.69) is 55.0 Å². The minimum Gasteiger partial charge on any atom is -0.461 e. The van der Waals surface area contributed by atoms with Gasteiger partial charge in [-0.25, -0.2) is 0 Å². The van der Waals surface area contributed by atoms with Gasteiger partial charge in [0.2, 0.25) is 0 Å². The van der Waals surface area contributed by atoms with Crippen LogP contribution in [0.1, 0.15) is 113 Å². The van der Waals surface area contributed by atoms with Gasteiger partial charge < -0.3 is 9.84 Å². The largest absolute Gasteiger partial charge is 0.461 e. The Balaban J connectivity index is 1.70. The van der Waals surface area contributed by atoms with Crippen molar-refractivity contribution in [3.63, 3.8) is 0 Å². The number of esters is 1. The van der Waals surface area contributed by atoms with Crippen molar-refractivity contribution in [3.8, 4) is 0 Å². The van der Waals surface area contributed by atoms with Crippen molar-refractivity contribution in [2.24, 2.45) is 50.7 Å². The molecule has 0 spiro atoms. The second-order valence-electron chi connectivity index (χ2n) is 14.2. The van der Waals surface area contributed by atoms with Gasteiger partial charge in [-0.1, -0.05) is 60.6 Å². The van der Waals surface area contributed by atoms with E-state index in [-0.39, 0.29) is 33.7 Å². The van der Waals surface area contributed by atoms with Crippen LogP contribution in [0.25, 0.3) is 0 Å². The number of carbonyl (C=O) groups is 1. The predicted molar refractivity (Wildman–Crippen MR) is 139 cm³/mol. The van der Waals surface area contributed by atoms with Crippen LogP contribution in [0.3, 0.4) is 0 Å². The van der Waals surface area contributed by atoms with Gasteiger partial charge in [-0.15, -0.1) is 0 Å². The third kappa shape index (κ3) is 3.41. The van der Waals surface area contributed by atoms with Crippen LogP contribution in [0.15, 0.2) is 12.7 Å². The van der Waals surface area contributed by atoms with Gasteiger partial charge in [-0.05, 0) is 110 Å². The Labute approximate surface area is 209 Å². The van der Waals surface area contributed by atoms with Crippen molar-refractivity contribution in [2.75, 3.05) is 6.61 Å². The number of carbonyl (C=O) groups excluding carboxylic acids is 1. The number of ether oxygens (including phenoxy) is 1. The summed E-state index contributed by atoms with van der Waals surface area (Å²) in [4.78, 5) is 13.4. The average molecular weight is 473 g/mol. The maximum absolute atomic E-state index is 13.4. The first-order valence-electron chi connectivity index (χ1n) is 14.3. The molecular formula is C31H52O3. The van der Waals surface area contributed by atoms with Gasteiger partial charge >= 0.3 is 5.97 Å². The van der Waals surface area contributed by atoms with Gasteiger partial charge in [0.1, 0.15) is 6.61 Å². The molecule has 0 aliphatic heterocycles. The quantitative estimate of drug-likeness (QED) is 0.331. The minimum absolute atomic E-state index is 0.00105. The molecule has 0 radical (unpaired) electrons. The summed E-state index contributed by atoms with van der Waals surface area (Å²) in [5.41, 5.74) is 0.453. The van der Waals surface area contributed by atoms with Crippen molar-refractivity contribution in [2.45, 2.75) is 119 Å². The second kappa shape index (κ2) is 8.63. The highest BCUT2D eigenvalue weighted by Gasteiger charge is 2.69. The summed E-state index contributed by atoms with van der Waals surface area (Å²) in [5, 5.41) is 10.9. The van der Waals surface area contributed by atoms with Gasteiger partial charge in [0.25, 0.3) is 0 Å². The molecule has 0 amide bonds. The molecule has 0 saturated heterocycles. The van der Waals surface area contributed by atoms with Crippen LogP contribution < -0.4 is 0 Å². The smallest absolute Gasteiger partial charge is 0.312 e. The number of aliphatic hydroxyl groups excluding tert-OH is 1. The van der Waals surface area contributed by atoms with E-state index < -0.39 is 0 Å². The molecule has 0 aromatic heterocycles. The van der Waals surface area contributed by atoms with Crippen molar-refractivity contribution >= 4 is 5.97 Å². The van der Waals surface area contributed by atoms with Crippen LogP contribution in [0.5, 0.6) is 0 Å². The maximum atomic E-state index is 13.4. The third-order valence-electron chi connectivity index (χ3n) is 12.8. The fourth-order valence-corrected chi connectivity index (χ4v) is 10.6. The highest BCUT2D eigenvalue weighted by molar-refractivity contribution is 5.77. The minimum atomic E-state index is -0.384. The van der Waals surface area contributed by atoms with Crippen LogP contribution >= 0.6 is 0 Å². The number of fused-ring (bicyclic) bond motifs is 5. The van der Waals surface area contributed by atoms with E-state index in [0.717, 1.165) is 38.5 Å². The first-order valence-corrected chi connectivity index (χ1v) is 14.3. The third-order valence-corrected chi connectivity index (χ3v) is 12.8. The number of rotatable bonds is 5. The van der Waals surface area contributed by atoms with Crippen LogP contribution in [0, 0.1) is 50.7 Å². The monoisotopic (exact) mass is 472 g/mol. The zero-order valence-electron chi connectivity index (χ0n) is 23.2. The molecule has 4 fully saturated rings. The molecule has 0 heterocycles. The Bertz CT molecular complexity index is 802. The molecule has 9 atom stereocenters. The van der Waals surface area contributed by atoms with Gasteiger partial charge in [-0.3, -0.25) is 4.79 Å². The lowest BCUT2D eigenvalue weighted by Crippen LogP contribution is -2.67. The molecule has 3 nitrogen and oxygen atoms in total. The van der Waals surface area contributed by atoms with Crippen LogP contribution in [-0.4, -0.2) is 23.8 Å². The van der Waals surface area contributed by atoms with Crippen molar-refractivity contribution in [1.29, 1.82) is 0 Å². The van der Waals surface area contributed by atoms with Gasteiger partial charge in [-0.2, -0.15) is 0 Å². The average Bonchev–Trinajstić information content (AvgIpc) is 2.78. The van der Waals surface area contributed by atoms with Gasteiger partial charge in [0.05, 0.1) is 11.5 Å². The summed E-state index contributed by atoms with van der Waals surface area (Å²) in [6.45, 7) is 21.0. The summed E-state index contributed by atoms with van der Waals surface area (Å²) in [6, 6.07) is 0. The molecule has 4 aliphatic carbocycles. The number of hydrogen-bond donors (Lipinski definition) is 1. The summed E-state index contributed by atoms with van der Waals surface area (Å²) < 4.78 is 5.69. The molecule has 4 rings (SSSR count). The van der Waals surface area contributed by atoms with Gasteiger partial charge in [0.15, 0.2) is 0 Å². The lowest BCUT2D eigenvalue weighted by atomic mass is 9.32.